The Kier molecular flexibility index (Phi) is 4.52. The molecule has 0 amide bonds. The molecule has 19 heavy (non-hydrogen) atoms. The zero-order chi connectivity index (χ0) is 14.0. The van der Waals surface area contributed by atoms with Crippen molar-refractivity contribution in [2.24, 2.45) is 0 Å². The third kappa shape index (κ3) is 3.93. The van der Waals surface area contributed by atoms with Crippen LogP contribution in [0.15, 0.2) is 0 Å². The molecule has 0 atom stereocenters. The Bertz CT molecular complexity index is 456. The summed E-state index contributed by atoms with van der Waals surface area (Å²) in [5.41, 5.74) is 6.62. The highest BCUT2D eigenvalue weighted by Crippen LogP contribution is 2.36. The van der Waals surface area contributed by atoms with Gasteiger partial charge in [0.05, 0.1) is 15.7 Å². The van der Waals surface area contributed by atoms with Crippen LogP contribution in [0.3, 0.4) is 0 Å². The molecule has 1 aliphatic rings. The lowest BCUT2D eigenvalue weighted by Gasteiger charge is -2.14. The topological polar surface area (TPSA) is 51.8 Å². The number of nitrogens with zero attached hydrogens (tertiary/aromatic N) is 2. The van der Waals surface area contributed by atoms with Crippen LogP contribution in [0, 0.1) is 3.57 Å². The minimum atomic E-state index is -4.19. The normalized spacial score (nSPS) is 17.1. The van der Waals surface area contributed by atoms with Crippen LogP contribution in [0.2, 0.25) is 0 Å². The summed E-state index contributed by atoms with van der Waals surface area (Å²) in [5.74, 6) is 0.827. The first-order valence-corrected chi connectivity index (χ1v) is 7.33. The van der Waals surface area contributed by atoms with Crippen LogP contribution >= 0.6 is 22.6 Å². The predicted octanol–water partition coefficient (Wildman–Crippen LogP) is 3.82. The van der Waals surface area contributed by atoms with Gasteiger partial charge in [0, 0.05) is 12.3 Å². The largest absolute Gasteiger partial charge is 0.389 e. The average Bonchev–Trinajstić information content (AvgIpc) is 2.83. The van der Waals surface area contributed by atoms with E-state index in [1.165, 1.54) is 0 Å². The number of nitrogen functional groups attached to an aromatic ring is 1. The van der Waals surface area contributed by atoms with Crippen molar-refractivity contribution in [3.05, 3.63) is 15.1 Å². The maximum absolute atomic E-state index is 12.2. The number of aromatic nitrogens is 2. The van der Waals surface area contributed by atoms with Gasteiger partial charge in [-0.2, -0.15) is 13.2 Å². The molecule has 1 heterocycles. The van der Waals surface area contributed by atoms with Crippen molar-refractivity contribution >= 4 is 28.4 Å². The van der Waals surface area contributed by atoms with Crippen molar-refractivity contribution < 1.29 is 13.2 Å². The van der Waals surface area contributed by atoms with Crippen LogP contribution in [0.5, 0.6) is 0 Å². The Balaban J connectivity index is 2.21. The van der Waals surface area contributed by atoms with E-state index < -0.39 is 12.6 Å². The first-order valence-electron chi connectivity index (χ1n) is 6.25. The monoisotopic (exact) mass is 385 g/mol. The van der Waals surface area contributed by atoms with Gasteiger partial charge >= 0.3 is 6.18 Å². The molecule has 1 aromatic rings. The highest BCUT2D eigenvalue weighted by atomic mass is 127. The lowest BCUT2D eigenvalue weighted by molar-refractivity contribution is -0.134. The van der Waals surface area contributed by atoms with E-state index in [0.717, 1.165) is 34.9 Å². The first-order chi connectivity index (χ1) is 8.87. The molecule has 3 nitrogen and oxygen atoms in total. The van der Waals surface area contributed by atoms with Crippen LogP contribution in [-0.4, -0.2) is 16.1 Å². The summed E-state index contributed by atoms with van der Waals surface area (Å²) >= 11 is 2.08. The molecule has 7 heteroatoms. The Morgan fingerprint density at radius 3 is 2.42 bits per heavy atom. The molecule has 0 spiro atoms. The van der Waals surface area contributed by atoms with Gasteiger partial charge < -0.3 is 5.73 Å². The highest BCUT2D eigenvalue weighted by molar-refractivity contribution is 14.1. The maximum Gasteiger partial charge on any atom is 0.389 e. The number of rotatable bonds is 3. The molecule has 2 rings (SSSR count). The third-order valence-electron chi connectivity index (χ3n) is 3.32. The van der Waals surface area contributed by atoms with E-state index in [-0.39, 0.29) is 12.2 Å². The quantitative estimate of drug-likeness (QED) is 0.806. The number of nitrogens with two attached hydrogens (primary N) is 1. The van der Waals surface area contributed by atoms with Crippen molar-refractivity contribution in [1.82, 2.24) is 9.97 Å². The van der Waals surface area contributed by atoms with E-state index in [0.29, 0.717) is 11.7 Å². The smallest absolute Gasteiger partial charge is 0.383 e. The molecule has 0 unspecified atom stereocenters. The third-order valence-corrected chi connectivity index (χ3v) is 4.43. The van der Waals surface area contributed by atoms with Gasteiger partial charge in [-0.05, 0) is 35.4 Å². The maximum atomic E-state index is 12.2. The standard InChI is InChI=1S/C12H15F3IN3/c13-12(14,15)6-5-8-18-10(7-3-1-2-4-7)9(16)11(17)19-8/h7H,1-6H2,(H2,17,18,19). The van der Waals surface area contributed by atoms with Crippen LogP contribution in [-0.2, 0) is 6.42 Å². The summed E-state index contributed by atoms with van der Waals surface area (Å²) in [6.07, 6.45) is -0.947. The lowest BCUT2D eigenvalue weighted by atomic mass is 10.0. The van der Waals surface area contributed by atoms with E-state index in [2.05, 4.69) is 32.6 Å². The van der Waals surface area contributed by atoms with Crippen LogP contribution in [0.25, 0.3) is 0 Å². The Morgan fingerprint density at radius 1 is 1.21 bits per heavy atom. The first kappa shape index (κ1) is 14.8. The zero-order valence-corrected chi connectivity index (χ0v) is 12.5. The molecule has 0 bridgehead atoms. The molecule has 1 aromatic heterocycles. The van der Waals surface area contributed by atoms with Crippen molar-refractivity contribution in [2.45, 2.75) is 50.6 Å². The number of alkyl halides is 3. The average molecular weight is 385 g/mol. The second-order valence-corrected chi connectivity index (χ2v) is 5.90. The number of hydrogen-bond acceptors (Lipinski definition) is 3. The number of hydrogen-bond donors (Lipinski definition) is 1. The second-order valence-electron chi connectivity index (χ2n) is 4.82. The Labute approximate surface area is 123 Å². The van der Waals surface area contributed by atoms with E-state index in [9.17, 15) is 13.2 Å². The summed E-state index contributed by atoms with van der Waals surface area (Å²) in [6.45, 7) is 0. The summed E-state index contributed by atoms with van der Waals surface area (Å²) < 4.78 is 37.5. The summed E-state index contributed by atoms with van der Waals surface area (Å²) in [4.78, 5) is 8.29. The lowest BCUT2D eigenvalue weighted by Crippen LogP contribution is -2.14. The molecule has 1 fully saturated rings. The van der Waals surface area contributed by atoms with E-state index in [1.807, 2.05) is 0 Å². The predicted molar refractivity (Wildman–Crippen MR) is 74.7 cm³/mol. The zero-order valence-electron chi connectivity index (χ0n) is 10.3. The molecular weight excluding hydrogens is 370 g/mol. The van der Waals surface area contributed by atoms with E-state index in [1.54, 1.807) is 0 Å². The van der Waals surface area contributed by atoms with Gasteiger partial charge in [0.2, 0.25) is 0 Å². The van der Waals surface area contributed by atoms with Gasteiger partial charge in [-0.25, -0.2) is 9.97 Å². The molecule has 1 saturated carbocycles. The molecule has 0 radical (unpaired) electrons. The molecule has 0 aliphatic heterocycles. The molecule has 0 aromatic carbocycles. The van der Waals surface area contributed by atoms with Gasteiger partial charge in [0.25, 0.3) is 0 Å². The summed E-state index contributed by atoms with van der Waals surface area (Å²) in [6, 6.07) is 0. The van der Waals surface area contributed by atoms with Gasteiger partial charge in [-0.15, -0.1) is 0 Å². The molecule has 106 valence electrons. The van der Waals surface area contributed by atoms with Crippen LogP contribution < -0.4 is 5.73 Å². The minimum Gasteiger partial charge on any atom is -0.383 e. The number of halogens is 4. The van der Waals surface area contributed by atoms with Gasteiger partial charge in [-0.1, -0.05) is 12.8 Å². The fourth-order valence-electron chi connectivity index (χ4n) is 2.37. The fraction of sp³-hybridized carbons (Fsp3) is 0.667. The fourth-order valence-corrected chi connectivity index (χ4v) is 3.05. The molecule has 2 N–H and O–H groups in total. The molecule has 1 aliphatic carbocycles. The minimum absolute atomic E-state index is 0.204. The van der Waals surface area contributed by atoms with E-state index >= 15 is 0 Å². The van der Waals surface area contributed by atoms with Gasteiger partial charge in [0.15, 0.2) is 0 Å². The highest BCUT2D eigenvalue weighted by Gasteiger charge is 2.28. The Hall–Kier alpha value is -0.600. The molecular formula is C12H15F3IN3. The van der Waals surface area contributed by atoms with Crippen LogP contribution in [0.4, 0.5) is 19.0 Å². The van der Waals surface area contributed by atoms with Crippen LogP contribution in [0.1, 0.15) is 49.5 Å². The SMILES string of the molecule is Nc1nc(CCC(F)(F)F)nc(C2CCCC2)c1I. The van der Waals surface area contributed by atoms with Gasteiger partial charge in [0.1, 0.15) is 11.6 Å². The van der Waals surface area contributed by atoms with Crippen molar-refractivity contribution in [2.75, 3.05) is 5.73 Å². The van der Waals surface area contributed by atoms with Gasteiger partial charge in [-0.3, -0.25) is 0 Å². The Morgan fingerprint density at radius 2 is 1.84 bits per heavy atom. The second kappa shape index (κ2) is 5.80. The number of aryl methyl sites for hydroxylation is 1. The van der Waals surface area contributed by atoms with Crippen molar-refractivity contribution in [3.63, 3.8) is 0 Å². The summed E-state index contributed by atoms with van der Waals surface area (Å²) in [5, 5.41) is 0. The van der Waals surface area contributed by atoms with Crippen molar-refractivity contribution in [3.8, 4) is 0 Å². The molecule has 0 saturated heterocycles. The number of anilines is 1. The van der Waals surface area contributed by atoms with Crippen molar-refractivity contribution in [1.29, 1.82) is 0 Å². The summed E-state index contributed by atoms with van der Waals surface area (Å²) in [7, 11) is 0. The van der Waals surface area contributed by atoms with E-state index in [4.69, 9.17) is 5.73 Å².